The number of fused-ring (bicyclic) bond motifs is 1. The van der Waals surface area contributed by atoms with Gasteiger partial charge in [-0.2, -0.15) is 11.8 Å². The van der Waals surface area contributed by atoms with Crippen molar-refractivity contribution < 1.29 is 23.8 Å². The van der Waals surface area contributed by atoms with Gasteiger partial charge in [-0.1, -0.05) is 0 Å². The van der Waals surface area contributed by atoms with Crippen LogP contribution < -0.4 is 14.8 Å². The van der Waals surface area contributed by atoms with Gasteiger partial charge in [-0.3, -0.25) is 0 Å². The van der Waals surface area contributed by atoms with Crippen LogP contribution >= 0.6 is 11.8 Å². The highest BCUT2D eigenvalue weighted by Gasteiger charge is 2.36. The summed E-state index contributed by atoms with van der Waals surface area (Å²) in [5, 5.41) is 2.85. The van der Waals surface area contributed by atoms with Crippen molar-refractivity contribution in [3.05, 3.63) is 41.5 Å². The third kappa shape index (κ3) is 5.07. The summed E-state index contributed by atoms with van der Waals surface area (Å²) in [7, 11) is 4.48. The normalized spacial score (nSPS) is 16.3. The van der Waals surface area contributed by atoms with E-state index in [0.717, 1.165) is 22.7 Å². The molecule has 0 saturated heterocycles. The summed E-state index contributed by atoms with van der Waals surface area (Å²) >= 11 is 1.60. The van der Waals surface area contributed by atoms with Gasteiger partial charge in [0.25, 0.3) is 0 Å². The van der Waals surface area contributed by atoms with Crippen LogP contribution in [-0.2, 0) is 16.0 Å². The first-order valence-electron chi connectivity index (χ1n) is 9.91. The van der Waals surface area contributed by atoms with Gasteiger partial charge in [0.05, 0.1) is 33.4 Å². The number of rotatable bonds is 8. The molecule has 0 saturated carbocycles. The number of urea groups is 1. The minimum absolute atomic E-state index is 0.350. The Hall–Kier alpha value is -2.88. The van der Waals surface area contributed by atoms with Crippen LogP contribution in [0.2, 0.25) is 0 Å². The Balaban J connectivity index is 1.95. The second-order valence-electron chi connectivity index (χ2n) is 7.06. The highest BCUT2D eigenvalue weighted by atomic mass is 32.2. The van der Waals surface area contributed by atoms with Gasteiger partial charge in [-0.05, 0) is 36.1 Å². The number of aromatic nitrogens is 2. The SMILES string of the molecule is COC(=O)[C@@H](CCSC)NC(=O)N1CCc2[nH]cnc2[C@@H]1c1cc(OC)cc(OC)c1. The van der Waals surface area contributed by atoms with E-state index in [1.807, 2.05) is 18.4 Å². The van der Waals surface area contributed by atoms with Crippen molar-refractivity contribution in [1.82, 2.24) is 20.2 Å². The molecule has 2 aromatic rings. The average Bonchev–Trinajstić information content (AvgIpc) is 3.28. The number of carbonyl (C=O) groups is 2. The molecule has 168 valence electrons. The van der Waals surface area contributed by atoms with Gasteiger partial charge < -0.3 is 29.4 Å². The number of methoxy groups -OCH3 is 3. The maximum absolute atomic E-state index is 13.3. The van der Waals surface area contributed by atoms with Gasteiger partial charge in [0.15, 0.2) is 0 Å². The zero-order valence-corrected chi connectivity index (χ0v) is 19.0. The first-order chi connectivity index (χ1) is 15.0. The van der Waals surface area contributed by atoms with E-state index in [-0.39, 0.29) is 6.03 Å². The van der Waals surface area contributed by atoms with Crippen LogP contribution in [0.3, 0.4) is 0 Å². The fourth-order valence-corrected chi connectivity index (χ4v) is 4.15. The number of hydrogen-bond donors (Lipinski definition) is 2. The summed E-state index contributed by atoms with van der Waals surface area (Å²) in [6.07, 6.45) is 4.70. The van der Waals surface area contributed by atoms with Crippen molar-refractivity contribution in [2.24, 2.45) is 0 Å². The van der Waals surface area contributed by atoms with Crippen LogP contribution in [0.5, 0.6) is 11.5 Å². The molecule has 0 radical (unpaired) electrons. The lowest BCUT2D eigenvalue weighted by Gasteiger charge is -2.36. The zero-order chi connectivity index (χ0) is 22.4. The molecule has 0 fully saturated rings. The van der Waals surface area contributed by atoms with E-state index in [1.165, 1.54) is 7.11 Å². The smallest absolute Gasteiger partial charge is 0.328 e. The first kappa shape index (κ1) is 22.8. The Morgan fingerprint density at radius 2 is 1.97 bits per heavy atom. The number of aromatic amines is 1. The van der Waals surface area contributed by atoms with E-state index < -0.39 is 18.1 Å². The number of H-pyrrole nitrogens is 1. The minimum atomic E-state index is -0.717. The van der Waals surface area contributed by atoms with Crippen molar-refractivity contribution in [1.29, 1.82) is 0 Å². The van der Waals surface area contributed by atoms with E-state index >= 15 is 0 Å². The third-order valence-electron chi connectivity index (χ3n) is 5.27. The number of nitrogens with zero attached hydrogens (tertiary/aromatic N) is 2. The molecule has 0 bridgehead atoms. The molecular weight excluding hydrogens is 420 g/mol. The van der Waals surface area contributed by atoms with Crippen LogP contribution in [0.4, 0.5) is 4.79 Å². The van der Waals surface area contributed by atoms with Gasteiger partial charge in [0, 0.05) is 24.7 Å². The number of nitrogens with one attached hydrogen (secondary N) is 2. The maximum atomic E-state index is 13.3. The first-order valence-corrected chi connectivity index (χ1v) is 11.3. The van der Waals surface area contributed by atoms with Crippen molar-refractivity contribution in [3.63, 3.8) is 0 Å². The van der Waals surface area contributed by atoms with Crippen molar-refractivity contribution in [3.8, 4) is 11.5 Å². The number of imidazole rings is 1. The van der Waals surface area contributed by atoms with E-state index in [0.29, 0.717) is 30.9 Å². The standard InChI is InChI=1S/C21H28N4O5S/c1-28-14-9-13(10-15(11-14)29-2)19-18-16(22-12-23-18)5-7-25(19)21(27)24-17(6-8-31-4)20(26)30-3/h9-12,17,19H,5-8H2,1-4H3,(H,22,23)(H,24,27)/t17-,19+/m1/s1. The summed E-state index contributed by atoms with van der Waals surface area (Å²) in [6.45, 7) is 0.460. The summed E-state index contributed by atoms with van der Waals surface area (Å²) in [5.74, 6) is 1.49. The molecule has 0 aliphatic carbocycles. The zero-order valence-electron chi connectivity index (χ0n) is 18.1. The lowest BCUT2D eigenvalue weighted by atomic mass is 9.95. The summed E-state index contributed by atoms with van der Waals surface area (Å²) in [5.41, 5.74) is 2.54. The average molecular weight is 449 g/mol. The molecule has 2 heterocycles. The van der Waals surface area contributed by atoms with Crippen LogP contribution in [0.25, 0.3) is 0 Å². The van der Waals surface area contributed by atoms with Crippen molar-refractivity contribution in [2.45, 2.75) is 24.9 Å². The molecular formula is C21H28N4O5S. The Morgan fingerprint density at radius 1 is 1.26 bits per heavy atom. The number of esters is 1. The molecule has 0 unspecified atom stereocenters. The highest BCUT2D eigenvalue weighted by molar-refractivity contribution is 7.98. The largest absolute Gasteiger partial charge is 0.497 e. The molecule has 1 aliphatic heterocycles. The lowest BCUT2D eigenvalue weighted by molar-refractivity contribution is -0.142. The van der Waals surface area contributed by atoms with Crippen LogP contribution in [-0.4, -0.2) is 72.8 Å². The lowest BCUT2D eigenvalue weighted by Crippen LogP contribution is -2.51. The van der Waals surface area contributed by atoms with Gasteiger partial charge >= 0.3 is 12.0 Å². The van der Waals surface area contributed by atoms with Gasteiger partial charge in [0.2, 0.25) is 0 Å². The molecule has 9 nitrogen and oxygen atoms in total. The number of benzene rings is 1. The fraction of sp³-hybridized carbons (Fsp3) is 0.476. The van der Waals surface area contributed by atoms with E-state index in [2.05, 4.69) is 15.3 Å². The second-order valence-corrected chi connectivity index (χ2v) is 8.05. The van der Waals surface area contributed by atoms with Crippen LogP contribution in [0.1, 0.15) is 29.4 Å². The highest BCUT2D eigenvalue weighted by Crippen LogP contribution is 2.37. The number of carbonyl (C=O) groups excluding carboxylic acids is 2. The maximum Gasteiger partial charge on any atom is 0.328 e. The van der Waals surface area contributed by atoms with Gasteiger partial charge in [-0.15, -0.1) is 0 Å². The summed E-state index contributed by atoms with van der Waals surface area (Å²) in [6, 6.07) is 3.98. The molecule has 1 aliphatic rings. The molecule has 3 rings (SSSR count). The topological polar surface area (TPSA) is 106 Å². The van der Waals surface area contributed by atoms with Crippen LogP contribution in [0.15, 0.2) is 24.5 Å². The van der Waals surface area contributed by atoms with Crippen LogP contribution in [0, 0.1) is 0 Å². The summed E-state index contributed by atoms with van der Waals surface area (Å²) < 4.78 is 15.7. The van der Waals surface area contributed by atoms with Crippen molar-refractivity contribution >= 4 is 23.8 Å². The van der Waals surface area contributed by atoms with E-state index in [1.54, 1.807) is 43.3 Å². The number of thioether (sulfide) groups is 1. The fourth-order valence-electron chi connectivity index (χ4n) is 3.68. The van der Waals surface area contributed by atoms with Gasteiger partial charge in [-0.25, -0.2) is 14.6 Å². The molecule has 31 heavy (non-hydrogen) atoms. The molecule has 2 atom stereocenters. The monoisotopic (exact) mass is 448 g/mol. The van der Waals surface area contributed by atoms with Crippen molar-refractivity contribution in [2.75, 3.05) is 39.9 Å². The predicted molar refractivity (Wildman–Crippen MR) is 118 cm³/mol. The Kier molecular flexibility index (Phi) is 7.67. The third-order valence-corrected chi connectivity index (χ3v) is 5.91. The predicted octanol–water partition coefficient (Wildman–Crippen LogP) is 2.38. The second kappa shape index (κ2) is 10.4. The number of ether oxygens (including phenoxy) is 3. The molecule has 0 spiro atoms. The molecule has 1 aromatic heterocycles. The van der Waals surface area contributed by atoms with E-state index in [4.69, 9.17) is 14.2 Å². The summed E-state index contributed by atoms with van der Waals surface area (Å²) in [4.78, 5) is 34.8. The molecule has 10 heteroatoms. The molecule has 1 aromatic carbocycles. The number of amides is 2. The Bertz CT molecular complexity index is 897. The molecule has 2 N–H and O–H groups in total. The minimum Gasteiger partial charge on any atom is -0.497 e. The Morgan fingerprint density at radius 3 is 2.58 bits per heavy atom. The number of hydrogen-bond acceptors (Lipinski definition) is 7. The Labute approximate surface area is 185 Å². The quantitative estimate of drug-likeness (QED) is 0.597. The van der Waals surface area contributed by atoms with Gasteiger partial charge in [0.1, 0.15) is 23.6 Å². The van der Waals surface area contributed by atoms with E-state index in [9.17, 15) is 9.59 Å². The molecule has 2 amide bonds.